The minimum Gasteiger partial charge on any atom is -0.324 e. The van der Waals surface area contributed by atoms with E-state index in [0.717, 1.165) is 25.1 Å². The molecule has 0 radical (unpaired) electrons. The molecule has 1 aliphatic heterocycles. The lowest BCUT2D eigenvalue weighted by Crippen LogP contribution is -2.30. The van der Waals surface area contributed by atoms with Crippen LogP contribution in [0.15, 0.2) is 18.2 Å². The van der Waals surface area contributed by atoms with E-state index in [4.69, 9.17) is 5.73 Å². The van der Waals surface area contributed by atoms with Crippen LogP contribution >= 0.6 is 0 Å². The molecule has 0 aromatic heterocycles. The monoisotopic (exact) mass is 274 g/mol. The van der Waals surface area contributed by atoms with Gasteiger partial charge in [0.05, 0.1) is 0 Å². The van der Waals surface area contributed by atoms with Crippen molar-refractivity contribution >= 4 is 11.6 Å². The molecule has 110 valence electrons. The molecule has 1 aromatic rings. The molecule has 1 unspecified atom stereocenters. The van der Waals surface area contributed by atoms with Gasteiger partial charge in [-0.3, -0.25) is 4.79 Å². The highest BCUT2D eigenvalue weighted by Crippen LogP contribution is 2.34. The second kappa shape index (κ2) is 5.57. The zero-order valence-electron chi connectivity index (χ0n) is 13.1. The van der Waals surface area contributed by atoms with Crippen molar-refractivity contribution < 1.29 is 4.79 Å². The number of nitrogens with two attached hydrogens (primary N) is 1. The van der Waals surface area contributed by atoms with Gasteiger partial charge in [-0.2, -0.15) is 0 Å². The number of anilines is 1. The fourth-order valence-corrected chi connectivity index (χ4v) is 2.81. The molecule has 3 nitrogen and oxygen atoms in total. The molecule has 2 N–H and O–H groups in total. The van der Waals surface area contributed by atoms with Gasteiger partial charge in [-0.1, -0.05) is 32.9 Å². The molecule has 0 fully saturated rings. The molecule has 0 aliphatic carbocycles. The third-order valence-corrected chi connectivity index (χ3v) is 4.14. The zero-order chi connectivity index (χ0) is 14.9. The number of hydrogen-bond acceptors (Lipinski definition) is 2. The van der Waals surface area contributed by atoms with Crippen molar-refractivity contribution in [2.24, 2.45) is 11.1 Å². The van der Waals surface area contributed by atoms with Gasteiger partial charge in [-0.05, 0) is 42.4 Å². The molecular formula is C17H26N2O. The van der Waals surface area contributed by atoms with Gasteiger partial charge >= 0.3 is 0 Å². The Morgan fingerprint density at radius 1 is 1.30 bits per heavy atom. The van der Waals surface area contributed by atoms with E-state index in [2.05, 4.69) is 39.0 Å². The fourth-order valence-electron chi connectivity index (χ4n) is 2.81. The van der Waals surface area contributed by atoms with Crippen LogP contribution in [0.3, 0.4) is 0 Å². The summed E-state index contributed by atoms with van der Waals surface area (Å²) in [5.74, 6) is 0.235. The first-order valence-corrected chi connectivity index (χ1v) is 7.53. The number of benzene rings is 1. The van der Waals surface area contributed by atoms with E-state index in [9.17, 15) is 4.79 Å². The predicted molar refractivity (Wildman–Crippen MR) is 83.8 cm³/mol. The fraction of sp³-hybridized carbons (Fsp3) is 0.588. The number of amides is 1. The van der Waals surface area contributed by atoms with Crippen molar-refractivity contribution in [3.05, 3.63) is 29.3 Å². The summed E-state index contributed by atoms with van der Waals surface area (Å²) in [6.45, 7) is 9.24. The number of rotatable bonds is 2. The molecule has 1 heterocycles. The standard InChI is InChI=1S/C17H26N2O/c1-5-19-14-10-9-13(16(18)17(2,3)4)11-12(14)7-6-8-15(19)20/h9-11,16H,5-8,18H2,1-4H3. The van der Waals surface area contributed by atoms with Crippen LogP contribution < -0.4 is 10.6 Å². The second-order valence-corrected chi connectivity index (χ2v) is 6.72. The Labute approximate surface area is 122 Å². The predicted octanol–water partition coefficient (Wildman–Crippen LogP) is 3.42. The third-order valence-electron chi connectivity index (χ3n) is 4.14. The minimum atomic E-state index is 0.0156. The summed E-state index contributed by atoms with van der Waals surface area (Å²) in [4.78, 5) is 14.0. The van der Waals surface area contributed by atoms with Crippen molar-refractivity contribution in [3.63, 3.8) is 0 Å². The molecule has 0 spiro atoms. The molecule has 1 aromatic carbocycles. The van der Waals surface area contributed by atoms with Crippen molar-refractivity contribution in [2.75, 3.05) is 11.4 Å². The smallest absolute Gasteiger partial charge is 0.226 e. The number of hydrogen-bond donors (Lipinski definition) is 1. The molecule has 1 aliphatic rings. The number of carbonyl (C=O) groups excluding carboxylic acids is 1. The average Bonchev–Trinajstić information content (AvgIpc) is 2.54. The Morgan fingerprint density at radius 2 is 2.00 bits per heavy atom. The highest BCUT2D eigenvalue weighted by molar-refractivity contribution is 5.94. The Morgan fingerprint density at radius 3 is 2.60 bits per heavy atom. The topological polar surface area (TPSA) is 46.3 Å². The molecule has 0 bridgehead atoms. The summed E-state index contributed by atoms with van der Waals surface area (Å²) in [5, 5.41) is 0. The van der Waals surface area contributed by atoms with Gasteiger partial charge in [0.15, 0.2) is 0 Å². The van der Waals surface area contributed by atoms with Crippen molar-refractivity contribution in [1.82, 2.24) is 0 Å². The molecule has 0 saturated heterocycles. The number of carbonyl (C=O) groups is 1. The highest BCUT2D eigenvalue weighted by atomic mass is 16.2. The molecular weight excluding hydrogens is 248 g/mol. The van der Waals surface area contributed by atoms with E-state index in [1.807, 2.05) is 11.8 Å². The summed E-state index contributed by atoms with van der Waals surface area (Å²) in [5.41, 5.74) is 9.90. The Bertz CT molecular complexity index is 502. The lowest BCUT2D eigenvalue weighted by Gasteiger charge is -2.29. The van der Waals surface area contributed by atoms with E-state index in [-0.39, 0.29) is 17.4 Å². The van der Waals surface area contributed by atoms with Crippen LogP contribution in [-0.4, -0.2) is 12.5 Å². The largest absolute Gasteiger partial charge is 0.324 e. The molecule has 1 amide bonds. The third kappa shape index (κ3) is 2.88. The maximum atomic E-state index is 12.1. The highest BCUT2D eigenvalue weighted by Gasteiger charge is 2.25. The van der Waals surface area contributed by atoms with Crippen molar-refractivity contribution in [3.8, 4) is 0 Å². The first-order chi connectivity index (χ1) is 9.34. The molecule has 0 saturated carbocycles. The zero-order valence-corrected chi connectivity index (χ0v) is 13.1. The number of aryl methyl sites for hydroxylation is 1. The van der Waals surface area contributed by atoms with Crippen LogP contribution in [0.2, 0.25) is 0 Å². The average molecular weight is 274 g/mol. The van der Waals surface area contributed by atoms with Gasteiger partial charge < -0.3 is 10.6 Å². The van der Waals surface area contributed by atoms with Gasteiger partial charge in [0.25, 0.3) is 0 Å². The van der Waals surface area contributed by atoms with Crippen LogP contribution in [-0.2, 0) is 11.2 Å². The van der Waals surface area contributed by atoms with E-state index < -0.39 is 0 Å². The summed E-state index contributed by atoms with van der Waals surface area (Å²) in [7, 11) is 0. The lowest BCUT2D eigenvalue weighted by molar-refractivity contribution is -0.118. The summed E-state index contributed by atoms with van der Waals surface area (Å²) < 4.78 is 0. The second-order valence-electron chi connectivity index (χ2n) is 6.72. The summed E-state index contributed by atoms with van der Waals surface area (Å²) in [6, 6.07) is 6.37. The van der Waals surface area contributed by atoms with Crippen LogP contribution in [0.1, 0.15) is 57.7 Å². The number of nitrogens with zero attached hydrogens (tertiary/aromatic N) is 1. The van der Waals surface area contributed by atoms with Gasteiger partial charge in [0.2, 0.25) is 5.91 Å². The van der Waals surface area contributed by atoms with Crippen LogP contribution in [0, 0.1) is 5.41 Å². The SMILES string of the molecule is CCN1C(=O)CCCc2cc(C(N)C(C)(C)C)ccc21. The maximum Gasteiger partial charge on any atom is 0.226 e. The Kier molecular flexibility index (Phi) is 4.19. The Hall–Kier alpha value is -1.35. The quantitative estimate of drug-likeness (QED) is 0.898. The Balaban J connectivity index is 2.41. The van der Waals surface area contributed by atoms with Crippen LogP contribution in [0.5, 0.6) is 0 Å². The molecule has 2 rings (SSSR count). The van der Waals surface area contributed by atoms with E-state index >= 15 is 0 Å². The van der Waals surface area contributed by atoms with Crippen LogP contribution in [0.25, 0.3) is 0 Å². The molecule has 20 heavy (non-hydrogen) atoms. The van der Waals surface area contributed by atoms with Gasteiger partial charge in [-0.25, -0.2) is 0 Å². The molecule has 1 atom stereocenters. The maximum absolute atomic E-state index is 12.1. The minimum absolute atomic E-state index is 0.0156. The first-order valence-electron chi connectivity index (χ1n) is 7.53. The van der Waals surface area contributed by atoms with E-state index in [1.165, 1.54) is 11.1 Å². The number of fused-ring (bicyclic) bond motifs is 1. The van der Waals surface area contributed by atoms with Gasteiger partial charge in [0, 0.05) is 24.7 Å². The normalized spacial score (nSPS) is 17.6. The lowest BCUT2D eigenvalue weighted by atomic mass is 9.82. The van der Waals surface area contributed by atoms with Crippen molar-refractivity contribution in [2.45, 2.75) is 53.0 Å². The van der Waals surface area contributed by atoms with Crippen LogP contribution in [0.4, 0.5) is 5.69 Å². The molecule has 3 heteroatoms. The van der Waals surface area contributed by atoms with Crippen molar-refractivity contribution in [1.29, 1.82) is 0 Å². The summed E-state index contributed by atoms with van der Waals surface area (Å²) >= 11 is 0. The van der Waals surface area contributed by atoms with E-state index in [0.29, 0.717) is 6.42 Å². The van der Waals surface area contributed by atoms with Gasteiger partial charge in [-0.15, -0.1) is 0 Å². The van der Waals surface area contributed by atoms with E-state index in [1.54, 1.807) is 0 Å². The summed E-state index contributed by atoms with van der Waals surface area (Å²) in [6.07, 6.45) is 2.53. The first kappa shape index (κ1) is 15.0. The van der Waals surface area contributed by atoms with Gasteiger partial charge in [0.1, 0.15) is 0 Å².